The number of aromatic nitrogens is 2. The van der Waals surface area contributed by atoms with E-state index < -0.39 is 0 Å². The van der Waals surface area contributed by atoms with Crippen LogP contribution in [-0.4, -0.2) is 55.9 Å². The summed E-state index contributed by atoms with van der Waals surface area (Å²) in [6.45, 7) is 7.85. The quantitative estimate of drug-likeness (QED) is 0.799. The summed E-state index contributed by atoms with van der Waals surface area (Å²) in [5, 5.41) is 0. The van der Waals surface area contributed by atoms with E-state index in [9.17, 15) is 4.79 Å². The first kappa shape index (κ1) is 17.7. The zero-order chi connectivity index (χ0) is 18.1. The molecule has 2 fully saturated rings. The molecule has 0 radical (unpaired) electrons. The van der Waals surface area contributed by atoms with E-state index in [1.54, 1.807) is 0 Å². The van der Waals surface area contributed by atoms with E-state index in [0.29, 0.717) is 0 Å². The minimum absolute atomic E-state index is 0.124. The summed E-state index contributed by atoms with van der Waals surface area (Å²) in [6.07, 6.45) is 3.82. The lowest BCUT2D eigenvalue weighted by Gasteiger charge is -2.37. The lowest BCUT2D eigenvalue weighted by molar-refractivity contribution is -0.00131. The van der Waals surface area contributed by atoms with Gasteiger partial charge in [0.25, 0.3) is 0 Å². The number of ether oxygens (including phenoxy) is 1. The molecule has 1 aromatic carbocycles. The standard InChI is InChI=1S/C19H26N4O2S/c1-3-4-14(2)23-13-19(25-18(23)24)7-9-22(10-8-19)12-15-5-6-16-17(11-15)21-26-20-16/h5-6,11,14H,3-4,7-10,12-13H2,1-2H3/t14-/m1/s1. The Morgan fingerprint density at radius 1 is 1.27 bits per heavy atom. The predicted octanol–water partition coefficient (Wildman–Crippen LogP) is 3.67. The molecule has 7 heteroatoms. The molecule has 1 amide bonds. The van der Waals surface area contributed by atoms with Crippen LogP contribution in [0.2, 0.25) is 0 Å². The molecule has 0 unspecified atom stereocenters. The number of hydrogen-bond donors (Lipinski definition) is 0. The summed E-state index contributed by atoms with van der Waals surface area (Å²) in [6, 6.07) is 6.58. The third-order valence-electron chi connectivity index (χ3n) is 5.73. The molecule has 1 atom stereocenters. The summed E-state index contributed by atoms with van der Waals surface area (Å²) in [5.41, 5.74) is 2.93. The molecular weight excluding hydrogens is 348 g/mol. The molecule has 4 rings (SSSR count). The Balaban J connectivity index is 1.36. The highest BCUT2D eigenvalue weighted by atomic mass is 32.1. The van der Waals surface area contributed by atoms with Crippen molar-refractivity contribution in [2.45, 2.75) is 57.7 Å². The van der Waals surface area contributed by atoms with Gasteiger partial charge in [-0.15, -0.1) is 0 Å². The van der Waals surface area contributed by atoms with Crippen molar-refractivity contribution in [3.05, 3.63) is 23.8 Å². The SMILES string of the molecule is CCC[C@@H](C)N1CC2(CCN(Cc3ccc4nsnc4c3)CC2)OC1=O. The zero-order valence-corrected chi connectivity index (χ0v) is 16.3. The summed E-state index contributed by atoms with van der Waals surface area (Å²) < 4.78 is 14.4. The molecule has 1 spiro atoms. The number of piperidine rings is 1. The van der Waals surface area contributed by atoms with Gasteiger partial charge in [0, 0.05) is 38.5 Å². The van der Waals surface area contributed by atoms with E-state index in [2.05, 4.69) is 39.6 Å². The van der Waals surface area contributed by atoms with E-state index in [1.165, 1.54) is 17.3 Å². The van der Waals surface area contributed by atoms with E-state index in [0.717, 1.165) is 62.9 Å². The molecule has 2 saturated heterocycles. The van der Waals surface area contributed by atoms with Crippen molar-refractivity contribution in [1.82, 2.24) is 18.5 Å². The number of amides is 1. The van der Waals surface area contributed by atoms with Crippen molar-refractivity contribution >= 4 is 28.9 Å². The van der Waals surface area contributed by atoms with Crippen molar-refractivity contribution < 1.29 is 9.53 Å². The number of nitrogens with zero attached hydrogens (tertiary/aromatic N) is 4. The van der Waals surface area contributed by atoms with Gasteiger partial charge in [-0.1, -0.05) is 19.4 Å². The van der Waals surface area contributed by atoms with Crippen LogP contribution >= 0.6 is 11.7 Å². The van der Waals surface area contributed by atoms with Crippen LogP contribution in [0, 0.1) is 0 Å². The Morgan fingerprint density at radius 3 is 2.81 bits per heavy atom. The van der Waals surface area contributed by atoms with Gasteiger partial charge in [0.2, 0.25) is 0 Å². The molecule has 6 nitrogen and oxygen atoms in total. The highest BCUT2D eigenvalue weighted by Crippen LogP contribution is 2.35. The second-order valence-corrected chi connectivity index (χ2v) is 8.21. The molecule has 26 heavy (non-hydrogen) atoms. The molecule has 0 saturated carbocycles. The topological polar surface area (TPSA) is 58.6 Å². The van der Waals surface area contributed by atoms with Crippen LogP contribution in [0.5, 0.6) is 0 Å². The Hall–Kier alpha value is -1.73. The number of rotatable bonds is 5. The van der Waals surface area contributed by atoms with Crippen LogP contribution in [0.25, 0.3) is 11.0 Å². The van der Waals surface area contributed by atoms with Gasteiger partial charge in [-0.05, 0) is 31.0 Å². The average Bonchev–Trinajstić information content (AvgIpc) is 3.21. The van der Waals surface area contributed by atoms with Gasteiger partial charge in [0.05, 0.1) is 18.3 Å². The van der Waals surface area contributed by atoms with Gasteiger partial charge in [-0.3, -0.25) is 4.90 Å². The third-order valence-corrected chi connectivity index (χ3v) is 6.28. The van der Waals surface area contributed by atoms with E-state index in [-0.39, 0.29) is 17.7 Å². The second-order valence-electron chi connectivity index (χ2n) is 7.68. The van der Waals surface area contributed by atoms with E-state index >= 15 is 0 Å². The normalized spacial score (nSPS) is 21.5. The molecule has 3 heterocycles. The zero-order valence-electron chi connectivity index (χ0n) is 15.5. The number of benzene rings is 1. The third kappa shape index (κ3) is 3.42. The smallest absolute Gasteiger partial charge is 0.410 e. The molecule has 0 bridgehead atoms. The molecule has 2 aliphatic heterocycles. The van der Waals surface area contributed by atoms with Crippen molar-refractivity contribution in [3.8, 4) is 0 Å². The molecule has 0 aliphatic carbocycles. The molecule has 0 N–H and O–H groups in total. The maximum atomic E-state index is 12.3. The summed E-state index contributed by atoms with van der Waals surface area (Å²) in [4.78, 5) is 16.7. The highest BCUT2D eigenvalue weighted by molar-refractivity contribution is 7.00. The predicted molar refractivity (Wildman–Crippen MR) is 102 cm³/mol. The number of likely N-dealkylation sites (tertiary alicyclic amines) is 1. The van der Waals surface area contributed by atoms with Gasteiger partial charge in [0.1, 0.15) is 16.6 Å². The largest absolute Gasteiger partial charge is 0.441 e. The number of carbonyl (C=O) groups is 1. The lowest BCUT2D eigenvalue weighted by atomic mass is 9.90. The van der Waals surface area contributed by atoms with Crippen molar-refractivity contribution in [3.63, 3.8) is 0 Å². The first-order chi connectivity index (χ1) is 12.6. The number of carbonyl (C=O) groups excluding carboxylic acids is 1. The van der Waals surface area contributed by atoms with Gasteiger partial charge in [-0.25, -0.2) is 4.79 Å². The first-order valence-electron chi connectivity index (χ1n) is 9.52. The Morgan fingerprint density at radius 2 is 2.04 bits per heavy atom. The van der Waals surface area contributed by atoms with Crippen molar-refractivity contribution in [2.75, 3.05) is 19.6 Å². The Kier molecular flexibility index (Phi) is 4.84. The second kappa shape index (κ2) is 7.12. The molecule has 2 aromatic rings. The summed E-state index contributed by atoms with van der Waals surface area (Å²) in [7, 11) is 0. The minimum atomic E-state index is -0.279. The van der Waals surface area contributed by atoms with Crippen LogP contribution in [0.1, 0.15) is 45.1 Å². The van der Waals surface area contributed by atoms with Crippen LogP contribution in [0.15, 0.2) is 18.2 Å². The van der Waals surface area contributed by atoms with Crippen LogP contribution < -0.4 is 0 Å². The fraction of sp³-hybridized carbons (Fsp3) is 0.632. The minimum Gasteiger partial charge on any atom is -0.441 e. The van der Waals surface area contributed by atoms with Gasteiger partial charge < -0.3 is 9.64 Å². The van der Waals surface area contributed by atoms with E-state index in [1.807, 2.05) is 11.0 Å². The lowest BCUT2D eigenvalue weighted by Crippen LogP contribution is -2.47. The fourth-order valence-electron chi connectivity index (χ4n) is 4.12. The Bertz CT molecular complexity index is 785. The monoisotopic (exact) mass is 374 g/mol. The Labute approximate surface area is 158 Å². The van der Waals surface area contributed by atoms with Crippen molar-refractivity contribution in [1.29, 1.82) is 0 Å². The average molecular weight is 375 g/mol. The maximum Gasteiger partial charge on any atom is 0.410 e. The maximum absolute atomic E-state index is 12.3. The molecule has 1 aromatic heterocycles. The number of fused-ring (bicyclic) bond motifs is 1. The van der Waals surface area contributed by atoms with E-state index in [4.69, 9.17) is 4.74 Å². The first-order valence-corrected chi connectivity index (χ1v) is 10.2. The van der Waals surface area contributed by atoms with Gasteiger partial charge in [-0.2, -0.15) is 8.75 Å². The molecule has 140 valence electrons. The summed E-state index contributed by atoms with van der Waals surface area (Å²) in [5.74, 6) is 0. The highest BCUT2D eigenvalue weighted by Gasteiger charge is 2.47. The van der Waals surface area contributed by atoms with Gasteiger partial charge in [0.15, 0.2) is 0 Å². The van der Waals surface area contributed by atoms with Crippen molar-refractivity contribution in [2.24, 2.45) is 0 Å². The fourth-order valence-corrected chi connectivity index (χ4v) is 4.64. The molecular formula is C19H26N4O2S. The molecule has 2 aliphatic rings. The van der Waals surface area contributed by atoms with Crippen LogP contribution in [-0.2, 0) is 11.3 Å². The van der Waals surface area contributed by atoms with Gasteiger partial charge >= 0.3 is 6.09 Å². The van der Waals surface area contributed by atoms with Crippen LogP contribution in [0.3, 0.4) is 0 Å². The number of hydrogen-bond acceptors (Lipinski definition) is 6. The summed E-state index contributed by atoms with van der Waals surface area (Å²) >= 11 is 1.26. The van der Waals surface area contributed by atoms with Crippen LogP contribution in [0.4, 0.5) is 4.79 Å².